The maximum absolute atomic E-state index is 11.9. The minimum absolute atomic E-state index is 0.203. The monoisotopic (exact) mass is 264 g/mol. The maximum atomic E-state index is 11.9. The van der Waals surface area contributed by atoms with Crippen LogP contribution in [0.25, 0.3) is 0 Å². The quantitative estimate of drug-likeness (QED) is 0.529. The summed E-state index contributed by atoms with van der Waals surface area (Å²) in [6, 6.07) is 0. The lowest BCUT2D eigenvalue weighted by Gasteiger charge is -2.16. The Morgan fingerprint density at radius 2 is 2.05 bits per heavy atom. The zero-order valence-electron chi connectivity index (χ0n) is 11.1. The van der Waals surface area contributed by atoms with E-state index in [0.29, 0.717) is 24.6 Å². The lowest BCUT2D eigenvalue weighted by Crippen LogP contribution is -2.29. The van der Waals surface area contributed by atoms with Crippen LogP contribution in [0, 0.1) is 6.92 Å². The predicted octanol–water partition coefficient (Wildman–Crippen LogP) is 0.495. The summed E-state index contributed by atoms with van der Waals surface area (Å²) in [5, 5.41) is 3.15. The van der Waals surface area contributed by atoms with Crippen molar-refractivity contribution in [3.05, 3.63) is 11.9 Å². The summed E-state index contributed by atoms with van der Waals surface area (Å²) in [7, 11) is 0. The van der Waals surface area contributed by atoms with Crippen LogP contribution in [0.4, 0.5) is 11.6 Å². The minimum atomic E-state index is 0.203. The van der Waals surface area contributed by atoms with Gasteiger partial charge in [0.1, 0.15) is 18.0 Å². The molecule has 0 saturated carbocycles. The number of nitrogen functional groups attached to an aromatic ring is 1. The van der Waals surface area contributed by atoms with E-state index in [1.54, 1.807) is 0 Å². The van der Waals surface area contributed by atoms with Gasteiger partial charge in [0.25, 0.3) is 0 Å². The lowest BCUT2D eigenvalue weighted by molar-refractivity contribution is -0.129. The second-order valence-electron chi connectivity index (χ2n) is 4.60. The zero-order valence-corrected chi connectivity index (χ0v) is 11.1. The van der Waals surface area contributed by atoms with Crippen LogP contribution in [0.2, 0.25) is 0 Å². The van der Waals surface area contributed by atoms with Gasteiger partial charge in [-0.15, -0.1) is 0 Å². The van der Waals surface area contributed by atoms with Crippen LogP contribution in [0.1, 0.15) is 24.8 Å². The number of anilines is 2. The number of rotatable bonds is 5. The number of nitrogens with zero attached hydrogens (tertiary/aromatic N) is 3. The number of aromatic nitrogens is 2. The third kappa shape index (κ3) is 3.31. The van der Waals surface area contributed by atoms with E-state index in [-0.39, 0.29) is 5.91 Å². The van der Waals surface area contributed by atoms with Gasteiger partial charge in [-0.05, 0) is 19.8 Å². The van der Waals surface area contributed by atoms with Gasteiger partial charge in [0.15, 0.2) is 0 Å². The van der Waals surface area contributed by atoms with Crippen molar-refractivity contribution >= 4 is 17.5 Å². The van der Waals surface area contributed by atoms with Gasteiger partial charge in [-0.25, -0.2) is 15.8 Å². The van der Waals surface area contributed by atoms with Crippen molar-refractivity contribution in [2.75, 3.05) is 30.4 Å². The standard InChI is InChI=1S/C12H20N6O/c1-9-11(15-8-16-12(9)17-13)14-5-4-10(19)18-6-2-3-7-18/h8H,2-7,13H2,1H3,(H2,14,15,16,17). The molecule has 0 bridgehead atoms. The number of carbonyl (C=O) groups is 1. The fourth-order valence-corrected chi connectivity index (χ4v) is 2.19. The van der Waals surface area contributed by atoms with Gasteiger partial charge in [0, 0.05) is 31.6 Å². The van der Waals surface area contributed by atoms with E-state index in [9.17, 15) is 4.79 Å². The molecule has 1 fully saturated rings. The molecule has 104 valence electrons. The molecular weight excluding hydrogens is 244 g/mol. The molecule has 0 spiro atoms. The minimum Gasteiger partial charge on any atom is -0.369 e. The van der Waals surface area contributed by atoms with Crippen molar-refractivity contribution in [1.82, 2.24) is 14.9 Å². The van der Waals surface area contributed by atoms with Gasteiger partial charge in [-0.1, -0.05) is 0 Å². The van der Waals surface area contributed by atoms with E-state index in [2.05, 4.69) is 20.7 Å². The molecule has 1 aromatic rings. The molecule has 0 aromatic carbocycles. The Hall–Kier alpha value is -1.89. The summed E-state index contributed by atoms with van der Waals surface area (Å²) >= 11 is 0. The number of amides is 1. The molecule has 0 radical (unpaired) electrons. The predicted molar refractivity (Wildman–Crippen MR) is 73.5 cm³/mol. The average Bonchev–Trinajstić information content (AvgIpc) is 2.94. The summed E-state index contributed by atoms with van der Waals surface area (Å²) in [5.74, 6) is 6.85. The van der Waals surface area contributed by atoms with Crippen molar-refractivity contribution < 1.29 is 4.79 Å². The molecule has 1 amide bonds. The van der Waals surface area contributed by atoms with Gasteiger partial charge in [0.2, 0.25) is 5.91 Å². The highest BCUT2D eigenvalue weighted by atomic mass is 16.2. The first-order valence-corrected chi connectivity index (χ1v) is 6.52. The second kappa shape index (κ2) is 6.33. The van der Waals surface area contributed by atoms with Gasteiger partial charge in [0.05, 0.1) is 0 Å². The second-order valence-corrected chi connectivity index (χ2v) is 4.60. The molecule has 0 atom stereocenters. The fraction of sp³-hybridized carbons (Fsp3) is 0.583. The van der Waals surface area contributed by atoms with E-state index < -0.39 is 0 Å². The van der Waals surface area contributed by atoms with E-state index in [0.717, 1.165) is 31.5 Å². The lowest BCUT2D eigenvalue weighted by atomic mass is 10.3. The number of hydrogen-bond acceptors (Lipinski definition) is 6. The maximum Gasteiger partial charge on any atom is 0.224 e. The molecule has 1 aromatic heterocycles. The normalized spacial score (nSPS) is 14.5. The molecule has 1 saturated heterocycles. The highest BCUT2D eigenvalue weighted by Gasteiger charge is 2.17. The van der Waals surface area contributed by atoms with Crippen LogP contribution < -0.4 is 16.6 Å². The molecule has 4 N–H and O–H groups in total. The molecule has 1 aliphatic rings. The van der Waals surface area contributed by atoms with Crippen LogP contribution in [0.3, 0.4) is 0 Å². The largest absolute Gasteiger partial charge is 0.369 e. The molecule has 19 heavy (non-hydrogen) atoms. The zero-order chi connectivity index (χ0) is 13.7. The Kier molecular flexibility index (Phi) is 4.51. The number of hydrazine groups is 1. The molecule has 2 rings (SSSR count). The van der Waals surface area contributed by atoms with Crippen molar-refractivity contribution in [2.24, 2.45) is 5.84 Å². The Morgan fingerprint density at radius 3 is 2.74 bits per heavy atom. The Morgan fingerprint density at radius 1 is 1.37 bits per heavy atom. The fourth-order valence-electron chi connectivity index (χ4n) is 2.19. The van der Waals surface area contributed by atoms with Crippen LogP contribution in [-0.2, 0) is 4.79 Å². The Labute approximate surface area is 112 Å². The van der Waals surface area contributed by atoms with Crippen LogP contribution in [0.5, 0.6) is 0 Å². The van der Waals surface area contributed by atoms with Gasteiger partial charge < -0.3 is 15.6 Å². The van der Waals surface area contributed by atoms with Crippen LogP contribution in [-0.4, -0.2) is 40.4 Å². The van der Waals surface area contributed by atoms with E-state index in [1.807, 2.05) is 11.8 Å². The smallest absolute Gasteiger partial charge is 0.224 e. The molecule has 2 heterocycles. The van der Waals surface area contributed by atoms with Crippen molar-refractivity contribution in [2.45, 2.75) is 26.2 Å². The Bertz CT molecular complexity index is 444. The number of carbonyl (C=O) groups excluding carboxylic acids is 1. The number of likely N-dealkylation sites (tertiary alicyclic amines) is 1. The first-order chi connectivity index (χ1) is 9.22. The van der Waals surface area contributed by atoms with Crippen molar-refractivity contribution in [3.63, 3.8) is 0 Å². The average molecular weight is 264 g/mol. The molecule has 0 aliphatic carbocycles. The Balaban J connectivity index is 1.83. The van der Waals surface area contributed by atoms with E-state index in [4.69, 9.17) is 5.84 Å². The summed E-state index contributed by atoms with van der Waals surface area (Å²) in [6.07, 6.45) is 4.16. The van der Waals surface area contributed by atoms with Gasteiger partial charge in [-0.2, -0.15) is 0 Å². The van der Waals surface area contributed by atoms with Crippen LogP contribution in [0.15, 0.2) is 6.33 Å². The summed E-state index contributed by atoms with van der Waals surface area (Å²) in [5.41, 5.74) is 3.36. The number of nitrogens with two attached hydrogens (primary N) is 1. The summed E-state index contributed by atoms with van der Waals surface area (Å²) in [4.78, 5) is 21.9. The summed E-state index contributed by atoms with van der Waals surface area (Å²) in [6.45, 7) is 4.23. The van der Waals surface area contributed by atoms with Crippen molar-refractivity contribution in [1.29, 1.82) is 0 Å². The third-order valence-electron chi connectivity index (χ3n) is 3.31. The first-order valence-electron chi connectivity index (χ1n) is 6.52. The number of hydrogen-bond donors (Lipinski definition) is 3. The molecular formula is C12H20N6O. The van der Waals surface area contributed by atoms with Crippen LogP contribution >= 0.6 is 0 Å². The number of nitrogens with one attached hydrogen (secondary N) is 2. The highest BCUT2D eigenvalue weighted by Crippen LogP contribution is 2.17. The van der Waals surface area contributed by atoms with Gasteiger partial charge >= 0.3 is 0 Å². The third-order valence-corrected chi connectivity index (χ3v) is 3.31. The SMILES string of the molecule is Cc1c(NN)ncnc1NCCC(=O)N1CCCC1. The topological polar surface area (TPSA) is 96.2 Å². The first kappa shape index (κ1) is 13.5. The van der Waals surface area contributed by atoms with E-state index >= 15 is 0 Å². The summed E-state index contributed by atoms with van der Waals surface area (Å²) < 4.78 is 0. The van der Waals surface area contributed by atoms with E-state index in [1.165, 1.54) is 6.33 Å². The molecule has 7 heteroatoms. The van der Waals surface area contributed by atoms with Crippen molar-refractivity contribution in [3.8, 4) is 0 Å². The molecule has 1 aliphatic heterocycles. The highest BCUT2D eigenvalue weighted by molar-refractivity contribution is 5.77. The van der Waals surface area contributed by atoms with Gasteiger partial charge in [-0.3, -0.25) is 4.79 Å². The molecule has 0 unspecified atom stereocenters. The molecule has 7 nitrogen and oxygen atoms in total.